The van der Waals surface area contributed by atoms with Crippen LogP contribution in [0.4, 0.5) is 10.2 Å². The number of aromatic nitrogens is 3. The molecule has 1 aromatic heterocycles. The molecule has 2 saturated heterocycles. The maximum atomic E-state index is 14.3. The van der Waals surface area contributed by atoms with Crippen LogP contribution in [0.2, 0.25) is 0 Å². The number of rotatable bonds is 14. The van der Waals surface area contributed by atoms with Crippen LogP contribution in [0.25, 0.3) is 0 Å². The minimum Gasteiger partial charge on any atom is -0.434 e. The van der Waals surface area contributed by atoms with E-state index in [1.165, 1.54) is 24.5 Å². The third-order valence-corrected chi connectivity index (χ3v) is 9.11. The first-order valence-electron chi connectivity index (χ1n) is 15.9. The molecule has 2 fully saturated rings. The minimum absolute atomic E-state index is 0.0499. The molecule has 1 aromatic carbocycles. The number of anilines is 1. The summed E-state index contributed by atoms with van der Waals surface area (Å²) in [5.74, 6) is 0.620. The van der Waals surface area contributed by atoms with Gasteiger partial charge in [-0.15, -0.1) is 10.2 Å². The van der Waals surface area contributed by atoms with Crippen LogP contribution in [0.5, 0.6) is 11.6 Å². The van der Waals surface area contributed by atoms with E-state index in [1.807, 2.05) is 20.8 Å². The molecule has 2 aromatic rings. The van der Waals surface area contributed by atoms with E-state index in [1.54, 1.807) is 4.90 Å². The molecular formula is C32H50FN7O3. The Bertz CT molecular complexity index is 1220. The molecule has 1 unspecified atom stereocenters. The van der Waals surface area contributed by atoms with Crippen LogP contribution in [0.1, 0.15) is 71.7 Å². The summed E-state index contributed by atoms with van der Waals surface area (Å²) in [7, 11) is 0. The summed E-state index contributed by atoms with van der Waals surface area (Å²) < 4.78 is 20.4. The molecule has 0 bridgehead atoms. The molecule has 11 heteroatoms. The number of nitrogens with zero attached hydrogens (tertiary/aromatic N) is 7. The van der Waals surface area contributed by atoms with Crippen molar-refractivity contribution in [3.05, 3.63) is 35.9 Å². The first-order valence-corrected chi connectivity index (χ1v) is 15.9. The molecule has 1 N–H and O–H groups in total. The van der Waals surface area contributed by atoms with Gasteiger partial charge >= 0.3 is 0 Å². The number of ether oxygens (including phenoxy) is 1. The molecule has 0 aliphatic carbocycles. The SMILES string of the molecule is CCN(CC)C[C@H](O)CC(C(C)C)N1CC2(CCN(c3ncnnc3Oc3ccc(F)cc3C(=O)N(CC)C(C)C)C2)C1. The number of benzene rings is 1. The summed E-state index contributed by atoms with van der Waals surface area (Å²) in [5.41, 5.74) is 0.275. The summed E-state index contributed by atoms with van der Waals surface area (Å²) in [4.78, 5) is 26.5. The van der Waals surface area contributed by atoms with Gasteiger partial charge in [0.1, 0.15) is 17.9 Å². The summed E-state index contributed by atoms with van der Waals surface area (Å²) >= 11 is 0. The Morgan fingerprint density at radius 1 is 1.12 bits per heavy atom. The van der Waals surface area contributed by atoms with E-state index in [0.717, 1.165) is 52.1 Å². The Kier molecular flexibility index (Phi) is 10.9. The second-order valence-corrected chi connectivity index (χ2v) is 12.8. The molecule has 2 aliphatic rings. The number of likely N-dealkylation sites (N-methyl/N-ethyl adjacent to an activating group) is 1. The summed E-state index contributed by atoms with van der Waals surface area (Å²) in [5, 5.41) is 19.0. The van der Waals surface area contributed by atoms with Gasteiger partial charge in [0.2, 0.25) is 0 Å². The van der Waals surface area contributed by atoms with E-state index < -0.39 is 5.82 Å². The van der Waals surface area contributed by atoms with Crippen LogP contribution in [-0.2, 0) is 0 Å². The fourth-order valence-corrected chi connectivity index (χ4v) is 6.70. The fourth-order valence-electron chi connectivity index (χ4n) is 6.70. The zero-order valence-corrected chi connectivity index (χ0v) is 27.0. The lowest BCUT2D eigenvalue weighted by atomic mass is 9.76. The van der Waals surface area contributed by atoms with Gasteiger partial charge in [-0.25, -0.2) is 9.37 Å². The molecule has 1 spiro atoms. The van der Waals surface area contributed by atoms with Crippen LogP contribution < -0.4 is 9.64 Å². The Morgan fingerprint density at radius 3 is 2.47 bits per heavy atom. The van der Waals surface area contributed by atoms with E-state index >= 15 is 0 Å². The largest absolute Gasteiger partial charge is 0.434 e. The quantitative estimate of drug-likeness (QED) is 0.341. The first-order chi connectivity index (χ1) is 20.5. The third-order valence-electron chi connectivity index (χ3n) is 9.11. The molecule has 43 heavy (non-hydrogen) atoms. The van der Waals surface area contributed by atoms with E-state index in [2.05, 4.69) is 57.6 Å². The maximum Gasteiger partial charge on any atom is 0.282 e. The molecule has 10 nitrogen and oxygen atoms in total. The molecule has 0 radical (unpaired) electrons. The Balaban J connectivity index is 1.45. The second-order valence-electron chi connectivity index (χ2n) is 12.8. The number of carbonyl (C=O) groups is 1. The van der Waals surface area contributed by atoms with Gasteiger partial charge < -0.3 is 24.5 Å². The van der Waals surface area contributed by atoms with Crippen LogP contribution in [-0.4, -0.2) is 111 Å². The highest BCUT2D eigenvalue weighted by atomic mass is 19.1. The molecule has 0 saturated carbocycles. The third kappa shape index (κ3) is 7.61. The second kappa shape index (κ2) is 14.3. The van der Waals surface area contributed by atoms with Gasteiger partial charge in [-0.05, 0) is 70.8 Å². The average Bonchev–Trinajstić information content (AvgIpc) is 3.41. The van der Waals surface area contributed by atoms with Crippen LogP contribution >= 0.6 is 0 Å². The molecule has 3 heterocycles. The smallest absolute Gasteiger partial charge is 0.282 e. The van der Waals surface area contributed by atoms with Crippen molar-refractivity contribution >= 4 is 11.7 Å². The number of hydrogen-bond donors (Lipinski definition) is 1. The van der Waals surface area contributed by atoms with Gasteiger partial charge in [-0.2, -0.15) is 0 Å². The Labute approximate surface area is 256 Å². The van der Waals surface area contributed by atoms with Crippen molar-refractivity contribution < 1.29 is 19.0 Å². The van der Waals surface area contributed by atoms with Crippen LogP contribution in [0.3, 0.4) is 0 Å². The lowest BCUT2D eigenvalue weighted by Gasteiger charge is -2.53. The van der Waals surface area contributed by atoms with Gasteiger partial charge in [-0.1, -0.05) is 27.7 Å². The maximum absolute atomic E-state index is 14.3. The number of hydrogen-bond acceptors (Lipinski definition) is 9. The van der Waals surface area contributed by atoms with Crippen molar-refractivity contribution in [2.45, 2.75) is 79.5 Å². The van der Waals surface area contributed by atoms with Gasteiger partial charge in [-0.3, -0.25) is 9.69 Å². The molecular weight excluding hydrogens is 549 g/mol. The zero-order valence-electron chi connectivity index (χ0n) is 27.0. The van der Waals surface area contributed by atoms with Crippen molar-refractivity contribution in [3.8, 4) is 11.6 Å². The highest BCUT2D eigenvalue weighted by molar-refractivity contribution is 5.97. The molecule has 2 aliphatic heterocycles. The molecule has 1 amide bonds. The normalized spacial score (nSPS) is 18.0. The van der Waals surface area contributed by atoms with Crippen molar-refractivity contribution in [1.82, 2.24) is 29.9 Å². The van der Waals surface area contributed by atoms with Gasteiger partial charge in [0.25, 0.3) is 11.8 Å². The highest BCUT2D eigenvalue weighted by Crippen LogP contribution is 2.44. The van der Waals surface area contributed by atoms with E-state index in [9.17, 15) is 14.3 Å². The molecule has 238 valence electrons. The monoisotopic (exact) mass is 599 g/mol. The summed E-state index contributed by atoms with van der Waals surface area (Å²) in [6.45, 7) is 21.1. The van der Waals surface area contributed by atoms with Gasteiger partial charge in [0, 0.05) is 56.8 Å². The van der Waals surface area contributed by atoms with Crippen molar-refractivity contribution in [3.63, 3.8) is 0 Å². The highest BCUT2D eigenvalue weighted by Gasteiger charge is 2.50. The molecule has 4 rings (SSSR count). The van der Waals surface area contributed by atoms with Crippen molar-refractivity contribution in [2.75, 3.05) is 57.3 Å². The van der Waals surface area contributed by atoms with Crippen molar-refractivity contribution in [1.29, 1.82) is 0 Å². The Hall–Kier alpha value is -2.89. The number of aliphatic hydroxyl groups excluding tert-OH is 1. The van der Waals surface area contributed by atoms with Gasteiger partial charge in [0.05, 0.1) is 11.7 Å². The number of carbonyl (C=O) groups excluding carboxylic acids is 1. The van der Waals surface area contributed by atoms with Gasteiger partial charge in [0.15, 0.2) is 5.82 Å². The van der Waals surface area contributed by atoms with Crippen LogP contribution in [0, 0.1) is 17.2 Å². The predicted molar refractivity (Wildman–Crippen MR) is 166 cm³/mol. The number of halogens is 1. The van der Waals surface area contributed by atoms with E-state index in [0.29, 0.717) is 30.9 Å². The standard InChI is InChI=1S/C32H50FN7O3/c1-8-37(9-2)17-25(41)16-27(22(4)5)39-19-32(20-39)13-14-38(18-32)29-30(36-35-21-34-29)43-28-12-11-24(33)15-26(28)31(42)40(10-3)23(6)7/h11-12,15,21-23,25,27,41H,8-10,13-14,16-20H2,1-7H3/t25-,27?/m1/s1. The lowest BCUT2D eigenvalue weighted by molar-refractivity contribution is -0.0485. The molecule has 2 atom stereocenters. The Morgan fingerprint density at radius 2 is 1.84 bits per heavy atom. The van der Waals surface area contributed by atoms with Crippen LogP contribution in [0.15, 0.2) is 24.5 Å². The zero-order chi connectivity index (χ0) is 31.3. The van der Waals surface area contributed by atoms with E-state index in [4.69, 9.17) is 4.74 Å². The van der Waals surface area contributed by atoms with Crippen molar-refractivity contribution in [2.24, 2.45) is 11.3 Å². The minimum atomic E-state index is -0.510. The predicted octanol–water partition coefficient (Wildman–Crippen LogP) is 4.30. The van der Waals surface area contributed by atoms with E-state index in [-0.39, 0.29) is 40.7 Å². The summed E-state index contributed by atoms with van der Waals surface area (Å²) in [6.07, 6.45) is 2.84. The number of aliphatic hydroxyl groups is 1. The topological polar surface area (TPSA) is 98.2 Å². The lowest BCUT2D eigenvalue weighted by Crippen LogP contribution is -2.62. The number of amides is 1. The summed E-state index contributed by atoms with van der Waals surface area (Å²) in [6, 6.07) is 4.23. The fraction of sp³-hybridized carbons (Fsp3) is 0.688. The average molecular weight is 600 g/mol. The first kappa shape index (κ1) is 33.0. The number of likely N-dealkylation sites (tertiary alicyclic amines) is 1.